The van der Waals surface area contributed by atoms with Crippen LogP contribution in [0.25, 0.3) is 0 Å². The van der Waals surface area contributed by atoms with Crippen molar-refractivity contribution in [1.82, 2.24) is 10.2 Å². The van der Waals surface area contributed by atoms with Gasteiger partial charge in [0.25, 0.3) is 6.43 Å². The van der Waals surface area contributed by atoms with Crippen molar-refractivity contribution >= 4 is 5.91 Å². The summed E-state index contributed by atoms with van der Waals surface area (Å²) in [5.74, 6) is 0.289. The number of hydrogen-bond donors (Lipinski definition) is 1. The SMILES string of the molecule is CCC1NC(c2ccccc2OC)N(CC(F)F)C1=O. The Balaban J connectivity index is 2.34. The van der Waals surface area contributed by atoms with Gasteiger partial charge in [-0.3, -0.25) is 10.1 Å². The first-order chi connectivity index (χ1) is 9.58. The topological polar surface area (TPSA) is 41.6 Å². The highest BCUT2D eigenvalue weighted by atomic mass is 19.3. The normalized spacial score (nSPS) is 22.6. The molecule has 110 valence electrons. The van der Waals surface area contributed by atoms with E-state index in [1.807, 2.05) is 6.92 Å². The van der Waals surface area contributed by atoms with E-state index in [0.717, 1.165) is 0 Å². The second kappa shape index (κ2) is 6.17. The molecule has 1 fully saturated rings. The van der Waals surface area contributed by atoms with Gasteiger partial charge >= 0.3 is 0 Å². The summed E-state index contributed by atoms with van der Waals surface area (Å²) in [6.45, 7) is 1.27. The largest absolute Gasteiger partial charge is 0.496 e. The molecular formula is C14H18F2N2O2. The van der Waals surface area contributed by atoms with Gasteiger partial charge in [0.1, 0.15) is 11.9 Å². The first kappa shape index (κ1) is 14.7. The maximum Gasteiger partial charge on any atom is 0.255 e. The van der Waals surface area contributed by atoms with Gasteiger partial charge in [-0.1, -0.05) is 25.1 Å². The third-order valence-corrected chi connectivity index (χ3v) is 3.43. The van der Waals surface area contributed by atoms with E-state index in [1.54, 1.807) is 24.3 Å². The summed E-state index contributed by atoms with van der Waals surface area (Å²) >= 11 is 0. The number of hydrogen-bond acceptors (Lipinski definition) is 3. The van der Waals surface area contributed by atoms with Crippen molar-refractivity contribution in [1.29, 1.82) is 0 Å². The molecule has 1 aromatic carbocycles. The molecule has 1 aliphatic heterocycles. The predicted octanol–water partition coefficient (Wildman–Crippen LogP) is 2.17. The molecule has 0 bridgehead atoms. The van der Waals surface area contributed by atoms with Gasteiger partial charge in [0.2, 0.25) is 5.91 Å². The number of carbonyl (C=O) groups excluding carboxylic acids is 1. The summed E-state index contributed by atoms with van der Waals surface area (Å²) in [6.07, 6.45) is -2.57. The Morgan fingerprint density at radius 1 is 1.40 bits per heavy atom. The minimum atomic E-state index is -2.56. The molecule has 1 amide bonds. The lowest BCUT2D eigenvalue weighted by molar-refractivity contribution is -0.132. The van der Waals surface area contributed by atoms with E-state index in [2.05, 4.69) is 5.32 Å². The summed E-state index contributed by atoms with van der Waals surface area (Å²) in [5.41, 5.74) is 0.694. The average molecular weight is 284 g/mol. The van der Waals surface area contributed by atoms with Gasteiger partial charge in [-0.25, -0.2) is 8.78 Å². The zero-order valence-electron chi connectivity index (χ0n) is 11.5. The van der Waals surface area contributed by atoms with Crippen molar-refractivity contribution in [2.45, 2.75) is 32.0 Å². The number of amides is 1. The van der Waals surface area contributed by atoms with Gasteiger partial charge in [0, 0.05) is 5.56 Å². The van der Waals surface area contributed by atoms with E-state index in [4.69, 9.17) is 4.74 Å². The molecule has 2 unspecified atom stereocenters. The lowest BCUT2D eigenvalue weighted by atomic mass is 10.1. The number of methoxy groups -OCH3 is 1. The maximum absolute atomic E-state index is 12.7. The zero-order valence-corrected chi connectivity index (χ0v) is 11.5. The first-order valence-electron chi connectivity index (χ1n) is 6.56. The molecule has 0 saturated carbocycles. The van der Waals surface area contributed by atoms with Crippen LogP contribution < -0.4 is 10.1 Å². The molecule has 2 rings (SSSR count). The summed E-state index contributed by atoms with van der Waals surface area (Å²) in [6, 6.07) is 6.70. The number of nitrogens with one attached hydrogen (secondary N) is 1. The average Bonchev–Trinajstić information content (AvgIpc) is 2.75. The molecule has 1 aromatic rings. The van der Waals surface area contributed by atoms with Crippen molar-refractivity contribution in [2.75, 3.05) is 13.7 Å². The lowest BCUT2D eigenvalue weighted by Crippen LogP contribution is -2.35. The quantitative estimate of drug-likeness (QED) is 0.901. The van der Waals surface area contributed by atoms with Crippen LogP contribution in [0.5, 0.6) is 5.75 Å². The molecule has 1 saturated heterocycles. The fourth-order valence-corrected chi connectivity index (χ4v) is 2.47. The minimum Gasteiger partial charge on any atom is -0.496 e. The Hall–Kier alpha value is -1.69. The Labute approximate surface area is 116 Å². The lowest BCUT2D eigenvalue weighted by Gasteiger charge is -2.25. The molecule has 1 heterocycles. The molecule has 0 aromatic heterocycles. The third-order valence-electron chi connectivity index (χ3n) is 3.43. The standard InChI is InChI=1S/C14H18F2N2O2/c1-3-10-14(19)18(8-12(15)16)13(17-10)9-6-4-5-7-11(9)20-2/h4-7,10,12-13,17H,3,8H2,1-2H3. The Bertz CT molecular complexity index is 482. The van der Waals surface area contributed by atoms with Crippen LogP contribution in [0.1, 0.15) is 25.1 Å². The third kappa shape index (κ3) is 2.75. The smallest absolute Gasteiger partial charge is 0.255 e. The van der Waals surface area contributed by atoms with Crippen LogP contribution in [-0.2, 0) is 4.79 Å². The Morgan fingerprint density at radius 2 is 2.10 bits per heavy atom. The number of para-hydroxylation sites is 1. The van der Waals surface area contributed by atoms with Crippen LogP contribution in [0.15, 0.2) is 24.3 Å². The Morgan fingerprint density at radius 3 is 2.70 bits per heavy atom. The van der Waals surface area contributed by atoms with Crippen molar-refractivity contribution in [2.24, 2.45) is 0 Å². The van der Waals surface area contributed by atoms with Crippen LogP contribution in [-0.4, -0.2) is 36.9 Å². The second-order valence-corrected chi connectivity index (χ2v) is 4.65. The number of alkyl halides is 2. The summed E-state index contributed by atoms with van der Waals surface area (Å²) < 4.78 is 30.7. The van der Waals surface area contributed by atoms with Gasteiger partial charge < -0.3 is 9.64 Å². The number of rotatable bonds is 5. The van der Waals surface area contributed by atoms with Gasteiger partial charge in [0.05, 0.1) is 19.7 Å². The van der Waals surface area contributed by atoms with Crippen LogP contribution in [0, 0.1) is 0 Å². The number of carbonyl (C=O) groups is 1. The highest BCUT2D eigenvalue weighted by molar-refractivity contribution is 5.84. The molecule has 1 aliphatic rings. The summed E-state index contributed by atoms with van der Waals surface area (Å²) in [4.78, 5) is 13.3. The van der Waals surface area contributed by atoms with Crippen LogP contribution >= 0.6 is 0 Å². The molecule has 6 heteroatoms. The van der Waals surface area contributed by atoms with Gasteiger partial charge in [-0.05, 0) is 12.5 Å². The second-order valence-electron chi connectivity index (χ2n) is 4.65. The summed E-state index contributed by atoms with van der Waals surface area (Å²) in [7, 11) is 1.52. The molecule has 20 heavy (non-hydrogen) atoms. The minimum absolute atomic E-state index is 0.288. The number of halogens is 2. The van der Waals surface area contributed by atoms with E-state index >= 15 is 0 Å². The van der Waals surface area contributed by atoms with Crippen LogP contribution in [0.4, 0.5) is 8.78 Å². The van der Waals surface area contributed by atoms with Crippen molar-refractivity contribution < 1.29 is 18.3 Å². The molecule has 0 spiro atoms. The highest BCUT2D eigenvalue weighted by Gasteiger charge is 2.40. The van der Waals surface area contributed by atoms with E-state index in [1.165, 1.54) is 12.0 Å². The van der Waals surface area contributed by atoms with E-state index < -0.39 is 25.2 Å². The fourth-order valence-electron chi connectivity index (χ4n) is 2.47. The monoisotopic (exact) mass is 284 g/mol. The molecular weight excluding hydrogens is 266 g/mol. The van der Waals surface area contributed by atoms with Crippen molar-refractivity contribution in [3.05, 3.63) is 29.8 Å². The van der Waals surface area contributed by atoms with Crippen molar-refractivity contribution in [3.8, 4) is 5.75 Å². The van der Waals surface area contributed by atoms with Gasteiger partial charge in [-0.2, -0.15) is 0 Å². The van der Waals surface area contributed by atoms with E-state index in [0.29, 0.717) is 17.7 Å². The maximum atomic E-state index is 12.7. The van der Waals surface area contributed by atoms with E-state index in [9.17, 15) is 13.6 Å². The first-order valence-corrected chi connectivity index (χ1v) is 6.56. The fraction of sp³-hybridized carbons (Fsp3) is 0.500. The van der Waals surface area contributed by atoms with Gasteiger partial charge in [0.15, 0.2) is 0 Å². The van der Waals surface area contributed by atoms with Crippen LogP contribution in [0.2, 0.25) is 0 Å². The molecule has 1 N–H and O–H groups in total. The number of benzene rings is 1. The number of ether oxygens (including phenoxy) is 1. The van der Waals surface area contributed by atoms with Crippen molar-refractivity contribution in [3.63, 3.8) is 0 Å². The highest BCUT2D eigenvalue weighted by Crippen LogP contribution is 2.32. The molecule has 2 atom stereocenters. The predicted molar refractivity (Wildman–Crippen MR) is 70.7 cm³/mol. The van der Waals surface area contributed by atoms with Gasteiger partial charge in [-0.15, -0.1) is 0 Å². The summed E-state index contributed by atoms with van der Waals surface area (Å²) in [5, 5.41) is 3.10. The molecule has 0 aliphatic carbocycles. The molecule has 4 nitrogen and oxygen atoms in total. The van der Waals surface area contributed by atoms with Crippen LogP contribution in [0.3, 0.4) is 0 Å². The zero-order chi connectivity index (χ0) is 14.7. The van der Waals surface area contributed by atoms with E-state index in [-0.39, 0.29) is 5.91 Å². The Kier molecular flexibility index (Phi) is 4.54. The molecule has 0 radical (unpaired) electrons. The number of nitrogens with zero attached hydrogens (tertiary/aromatic N) is 1.